The van der Waals surface area contributed by atoms with Crippen LogP contribution in [0.3, 0.4) is 0 Å². The third kappa shape index (κ3) is 6.90. The van der Waals surface area contributed by atoms with E-state index in [1.807, 2.05) is 25.1 Å². The highest BCUT2D eigenvalue weighted by Crippen LogP contribution is 2.18. The average molecular weight is 396 g/mol. The molecule has 1 aromatic heterocycles. The first kappa shape index (κ1) is 21.2. The van der Waals surface area contributed by atoms with Gasteiger partial charge in [-0.1, -0.05) is 29.8 Å². The first-order chi connectivity index (χ1) is 13.1. The molecule has 0 fully saturated rings. The zero-order valence-electron chi connectivity index (χ0n) is 15.0. The standard InChI is InChI=1S/C19H19F3N2O4/c1-12-3-2-4-13(7-12)8-15(18(26)27)10-24-17(25)14-5-6-23-16(9-14)28-11-19(20,21)22/h2-7,9,15H,8,10-11H2,1H3,(H,24,25)(H,26,27). The fourth-order valence-electron chi connectivity index (χ4n) is 2.47. The van der Waals surface area contributed by atoms with Gasteiger partial charge in [0.1, 0.15) is 0 Å². The lowest BCUT2D eigenvalue weighted by molar-refractivity contribution is -0.154. The Labute approximate surface area is 159 Å². The summed E-state index contributed by atoms with van der Waals surface area (Å²) in [4.78, 5) is 27.3. The van der Waals surface area contributed by atoms with E-state index < -0.39 is 30.6 Å². The minimum Gasteiger partial charge on any atom is -0.481 e. The third-order valence-corrected chi connectivity index (χ3v) is 3.80. The Hall–Kier alpha value is -3.10. The van der Waals surface area contributed by atoms with Crippen molar-refractivity contribution in [2.75, 3.05) is 13.2 Å². The minimum absolute atomic E-state index is 0.0202. The largest absolute Gasteiger partial charge is 0.481 e. The number of carbonyl (C=O) groups is 2. The van der Waals surface area contributed by atoms with Gasteiger partial charge < -0.3 is 15.2 Å². The SMILES string of the molecule is Cc1cccc(CC(CNC(=O)c2ccnc(OCC(F)(F)F)c2)C(=O)O)c1. The summed E-state index contributed by atoms with van der Waals surface area (Å²) in [6.45, 7) is 0.231. The maximum Gasteiger partial charge on any atom is 0.422 e. The molecule has 6 nitrogen and oxygen atoms in total. The summed E-state index contributed by atoms with van der Waals surface area (Å²) in [5.74, 6) is -2.89. The van der Waals surface area contributed by atoms with Crippen LogP contribution in [0.5, 0.6) is 5.88 Å². The summed E-state index contributed by atoms with van der Waals surface area (Å²) in [5, 5.41) is 11.9. The van der Waals surface area contributed by atoms with Crippen LogP contribution < -0.4 is 10.1 Å². The van der Waals surface area contributed by atoms with Gasteiger partial charge in [0.25, 0.3) is 5.91 Å². The number of carbonyl (C=O) groups excluding carboxylic acids is 1. The van der Waals surface area contributed by atoms with Gasteiger partial charge in [-0.3, -0.25) is 9.59 Å². The topological polar surface area (TPSA) is 88.5 Å². The number of alkyl halides is 3. The third-order valence-electron chi connectivity index (χ3n) is 3.80. The number of halogens is 3. The smallest absolute Gasteiger partial charge is 0.422 e. The summed E-state index contributed by atoms with van der Waals surface area (Å²) >= 11 is 0. The van der Waals surface area contributed by atoms with Gasteiger partial charge in [0.15, 0.2) is 6.61 Å². The zero-order chi connectivity index (χ0) is 20.7. The number of aromatic nitrogens is 1. The number of pyridine rings is 1. The van der Waals surface area contributed by atoms with Crippen molar-refractivity contribution in [1.29, 1.82) is 0 Å². The molecule has 0 aliphatic rings. The Kier molecular flexibility index (Phi) is 6.97. The summed E-state index contributed by atoms with van der Waals surface area (Å²) in [6, 6.07) is 9.75. The van der Waals surface area contributed by atoms with Crippen LogP contribution in [0.4, 0.5) is 13.2 Å². The van der Waals surface area contributed by atoms with Crippen molar-refractivity contribution in [3.8, 4) is 5.88 Å². The quantitative estimate of drug-likeness (QED) is 0.716. The van der Waals surface area contributed by atoms with E-state index in [0.717, 1.165) is 23.4 Å². The minimum atomic E-state index is -4.52. The zero-order valence-corrected chi connectivity index (χ0v) is 15.0. The van der Waals surface area contributed by atoms with Crippen LogP contribution in [0.15, 0.2) is 42.6 Å². The molecule has 0 spiro atoms. The lowest BCUT2D eigenvalue weighted by Gasteiger charge is -2.14. The van der Waals surface area contributed by atoms with Gasteiger partial charge in [0, 0.05) is 24.4 Å². The van der Waals surface area contributed by atoms with Crippen molar-refractivity contribution in [3.05, 3.63) is 59.3 Å². The molecule has 1 atom stereocenters. The molecular weight excluding hydrogens is 377 g/mol. The van der Waals surface area contributed by atoms with E-state index in [2.05, 4.69) is 15.0 Å². The summed E-state index contributed by atoms with van der Waals surface area (Å²) < 4.78 is 41.1. The maximum atomic E-state index is 12.2. The number of ether oxygens (including phenoxy) is 1. The Bertz CT molecular complexity index is 840. The van der Waals surface area contributed by atoms with E-state index in [9.17, 15) is 27.9 Å². The van der Waals surface area contributed by atoms with Crippen LogP contribution in [0.2, 0.25) is 0 Å². The monoisotopic (exact) mass is 396 g/mol. The Morgan fingerprint density at radius 2 is 2.00 bits per heavy atom. The number of carboxylic acid groups (broad SMARTS) is 1. The molecule has 1 heterocycles. The highest BCUT2D eigenvalue weighted by molar-refractivity contribution is 5.94. The molecule has 150 valence electrons. The van der Waals surface area contributed by atoms with E-state index in [4.69, 9.17) is 0 Å². The van der Waals surface area contributed by atoms with Gasteiger partial charge in [-0.15, -0.1) is 0 Å². The first-order valence-corrected chi connectivity index (χ1v) is 8.36. The molecule has 1 aromatic carbocycles. The number of hydrogen-bond acceptors (Lipinski definition) is 4. The molecule has 2 aromatic rings. The van der Waals surface area contributed by atoms with Crippen molar-refractivity contribution in [3.63, 3.8) is 0 Å². The highest BCUT2D eigenvalue weighted by atomic mass is 19.4. The summed E-state index contributed by atoms with van der Waals surface area (Å²) in [5.41, 5.74) is 1.84. The second-order valence-electron chi connectivity index (χ2n) is 6.22. The molecule has 0 aliphatic heterocycles. The van der Waals surface area contributed by atoms with Crippen LogP contribution >= 0.6 is 0 Å². The number of nitrogens with one attached hydrogen (secondary N) is 1. The number of rotatable bonds is 8. The van der Waals surface area contributed by atoms with Crippen molar-refractivity contribution < 1.29 is 32.6 Å². The Morgan fingerprint density at radius 3 is 2.64 bits per heavy atom. The number of amides is 1. The molecule has 0 aliphatic carbocycles. The van der Waals surface area contributed by atoms with Gasteiger partial charge >= 0.3 is 12.1 Å². The van der Waals surface area contributed by atoms with Gasteiger partial charge in [0.05, 0.1) is 5.92 Å². The van der Waals surface area contributed by atoms with Gasteiger partial charge in [-0.2, -0.15) is 13.2 Å². The first-order valence-electron chi connectivity index (χ1n) is 8.36. The lowest BCUT2D eigenvalue weighted by atomic mass is 9.98. The van der Waals surface area contributed by atoms with E-state index in [0.29, 0.717) is 0 Å². The molecule has 1 amide bonds. The number of hydrogen-bond donors (Lipinski definition) is 2. The Morgan fingerprint density at radius 1 is 1.25 bits per heavy atom. The highest BCUT2D eigenvalue weighted by Gasteiger charge is 2.28. The fourth-order valence-corrected chi connectivity index (χ4v) is 2.47. The lowest BCUT2D eigenvalue weighted by Crippen LogP contribution is -2.34. The molecule has 2 N–H and O–H groups in total. The Balaban J connectivity index is 1.98. The average Bonchev–Trinajstić information content (AvgIpc) is 2.62. The number of benzene rings is 1. The number of carboxylic acids is 1. The fraction of sp³-hybridized carbons (Fsp3) is 0.316. The summed E-state index contributed by atoms with van der Waals surface area (Å²) in [6.07, 6.45) is -3.15. The summed E-state index contributed by atoms with van der Waals surface area (Å²) in [7, 11) is 0. The normalized spacial score (nSPS) is 12.3. The molecule has 2 rings (SSSR count). The second kappa shape index (κ2) is 9.20. The van der Waals surface area contributed by atoms with E-state index in [1.165, 1.54) is 6.07 Å². The molecule has 0 radical (unpaired) electrons. The molecule has 0 saturated carbocycles. The van der Waals surface area contributed by atoms with E-state index in [-0.39, 0.29) is 24.4 Å². The van der Waals surface area contributed by atoms with Crippen molar-refractivity contribution in [2.24, 2.45) is 5.92 Å². The molecule has 1 unspecified atom stereocenters. The van der Waals surface area contributed by atoms with E-state index >= 15 is 0 Å². The van der Waals surface area contributed by atoms with Gasteiger partial charge in [-0.25, -0.2) is 4.98 Å². The number of aryl methyl sites for hydroxylation is 1. The molecule has 9 heteroatoms. The van der Waals surface area contributed by atoms with Crippen LogP contribution in [-0.4, -0.2) is 41.3 Å². The molecule has 0 saturated heterocycles. The molecule has 0 bridgehead atoms. The van der Waals surface area contributed by atoms with Crippen LogP contribution in [-0.2, 0) is 11.2 Å². The second-order valence-corrected chi connectivity index (χ2v) is 6.22. The van der Waals surface area contributed by atoms with Crippen LogP contribution in [0.25, 0.3) is 0 Å². The predicted octanol–water partition coefficient (Wildman–Crippen LogP) is 3.00. The van der Waals surface area contributed by atoms with Gasteiger partial charge in [-0.05, 0) is 25.0 Å². The van der Waals surface area contributed by atoms with E-state index in [1.54, 1.807) is 6.07 Å². The van der Waals surface area contributed by atoms with Gasteiger partial charge in [0.2, 0.25) is 5.88 Å². The maximum absolute atomic E-state index is 12.2. The number of aliphatic carboxylic acids is 1. The molecule has 28 heavy (non-hydrogen) atoms. The van der Waals surface area contributed by atoms with Crippen LogP contribution in [0, 0.1) is 12.8 Å². The van der Waals surface area contributed by atoms with Crippen molar-refractivity contribution >= 4 is 11.9 Å². The van der Waals surface area contributed by atoms with Crippen molar-refractivity contribution in [1.82, 2.24) is 10.3 Å². The van der Waals surface area contributed by atoms with Crippen molar-refractivity contribution in [2.45, 2.75) is 19.5 Å². The van der Waals surface area contributed by atoms with Crippen LogP contribution in [0.1, 0.15) is 21.5 Å². The predicted molar refractivity (Wildman–Crippen MR) is 94.1 cm³/mol. The number of nitrogens with zero attached hydrogens (tertiary/aromatic N) is 1. The molecular formula is C19H19F3N2O4.